The standard InChI is InChI=1S/C13H14FN3O2S/c1-9-4-11(8-16-7-9)17-20(18,19)13-5-10(6-15)2-3-12(13)14/h2-5,7-8,17H,6,15H2,1H3. The zero-order valence-corrected chi connectivity index (χ0v) is 11.6. The quantitative estimate of drug-likeness (QED) is 0.900. The van der Waals surface area contributed by atoms with E-state index in [2.05, 4.69) is 9.71 Å². The Morgan fingerprint density at radius 3 is 2.70 bits per heavy atom. The SMILES string of the molecule is Cc1cncc(NS(=O)(=O)c2cc(CN)ccc2F)c1. The molecule has 2 aromatic rings. The monoisotopic (exact) mass is 295 g/mol. The number of rotatable bonds is 4. The molecule has 20 heavy (non-hydrogen) atoms. The highest BCUT2D eigenvalue weighted by molar-refractivity contribution is 7.92. The maximum atomic E-state index is 13.7. The number of pyridine rings is 1. The van der Waals surface area contributed by atoms with Gasteiger partial charge in [-0.15, -0.1) is 0 Å². The van der Waals surface area contributed by atoms with E-state index >= 15 is 0 Å². The molecule has 0 amide bonds. The van der Waals surface area contributed by atoms with E-state index in [1.165, 1.54) is 18.3 Å². The van der Waals surface area contributed by atoms with Crippen molar-refractivity contribution < 1.29 is 12.8 Å². The summed E-state index contributed by atoms with van der Waals surface area (Å²) in [4.78, 5) is 3.45. The number of aryl methyl sites for hydroxylation is 1. The van der Waals surface area contributed by atoms with Gasteiger partial charge in [-0.25, -0.2) is 12.8 Å². The van der Waals surface area contributed by atoms with Crippen LogP contribution in [-0.2, 0) is 16.6 Å². The third-order valence-electron chi connectivity index (χ3n) is 2.65. The maximum Gasteiger partial charge on any atom is 0.264 e. The third kappa shape index (κ3) is 3.12. The number of nitrogens with zero attached hydrogens (tertiary/aromatic N) is 1. The maximum absolute atomic E-state index is 13.7. The number of nitrogens with one attached hydrogen (secondary N) is 1. The summed E-state index contributed by atoms with van der Waals surface area (Å²) in [5.41, 5.74) is 7.05. The van der Waals surface area contributed by atoms with Gasteiger partial charge >= 0.3 is 0 Å². The number of anilines is 1. The van der Waals surface area contributed by atoms with Gasteiger partial charge in [-0.05, 0) is 36.2 Å². The van der Waals surface area contributed by atoms with Crippen molar-refractivity contribution in [3.05, 3.63) is 53.6 Å². The van der Waals surface area contributed by atoms with Gasteiger partial charge in [-0.1, -0.05) is 6.07 Å². The van der Waals surface area contributed by atoms with Crippen LogP contribution in [-0.4, -0.2) is 13.4 Å². The predicted molar refractivity (Wildman–Crippen MR) is 74.1 cm³/mol. The van der Waals surface area contributed by atoms with E-state index in [0.29, 0.717) is 5.56 Å². The van der Waals surface area contributed by atoms with Gasteiger partial charge in [0.25, 0.3) is 10.0 Å². The summed E-state index contributed by atoms with van der Waals surface area (Å²) in [6.45, 7) is 1.91. The third-order valence-corrected chi connectivity index (χ3v) is 4.04. The van der Waals surface area contributed by atoms with Crippen molar-refractivity contribution in [2.75, 3.05) is 4.72 Å². The van der Waals surface area contributed by atoms with Gasteiger partial charge in [0.2, 0.25) is 0 Å². The second kappa shape index (κ2) is 5.56. The van der Waals surface area contributed by atoms with Gasteiger partial charge in [-0.3, -0.25) is 9.71 Å². The first-order valence-corrected chi connectivity index (χ1v) is 7.33. The van der Waals surface area contributed by atoms with E-state index in [4.69, 9.17) is 5.73 Å². The second-order valence-corrected chi connectivity index (χ2v) is 5.98. The highest BCUT2D eigenvalue weighted by Crippen LogP contribution is 2.20. The van der Waals surface area contributed by atoms with Gasteiger partial charge in [0.15, 0.2) is 0 Å². The molecule has 2 rings (SSSR count). The molecule has 0 aliphatic carbocycles. The topological polar surface area (TPSA) is 85.1 Å². The molecule has 1 heterocycles. The number of sulfonamides is 1. The van der Waals surface area contributed by atoms with Crippen LogP contribution in [0.2, 0.25) is 0 Å². The molecular formula is C13H14FN3O2S. The molecule has 0 fully saturated rings. The summed E-state index contributed by atoms with van der Waals surface area (Å²) in [6, 6.07) is 5.37. The van der Waals surface area contributed by atoms with Crippen molar-refractivity contribution in [3.8, 4) is 0 Å². The minimum Gasteiger partial charge on any atom is -0.326 e. The van der Waals surface area contributed by atoms with Crippen LogP contribution in [0.1, 0.15) is 11.1 Å². The van der Waals surface area contributed by atoms with E-state index in [-0.39, 0.29) is 12.2 Å². The Hall–Kier alpha value is -1.99. The number of halogens is 1. The molecule has 106 valence electrons. The molecule has 0 saturated heterocycles. The van der Waals surface area contributed by atoms with Crippen LogP contribution in [0.25, 0.3) is 0 Å². The molecule has 0 atom stereocenters. The van der Waals surface area contributed by atoms with Crippen LogP contribution in [0, 0.1) is 12.7 Å². The number of benzene rings is 1. The van der Waals surface area contributed by atoms with E-state index in [1.54, 1.807) is 19.2 Å². The smallest absolute Gasteiger partial charge is 0.264 e. The fourth-order valence-electron chi connectivity index (χ4n) is 1.70. The lowest BCUT2D eigenvalue weighted by Gasteiger charge is -2.10. The Morgan fingerprint density at radius 2 is 2.05 bits per heavy atom. The summed E-state index contributed by atoms with van der Waals surface area (Å²) < 4.78 is 40.4. The fourth-order valence-corrected chi connectivity index (χ4v) is 2.86. The zero-order chi connectivity index (χ0) is 14.8. The molecule has 0 radical (unpaired) electrons. The molecule has 1 aromatic carbocycles. The van der Waals surface area contributed by atoms with Crippen molar-refractivity contribution in [1.82, 2.24) is 4.98 Å². The fraction of sp³-hybridized carbons (Fsp3) is 0.154. The van der Waals surface area contributed by atoms with E-state index in [1.807, 2.05) is 0 Å². The molecule has 1 aromatic heterocycles. The highest BCUT2D eigenvalue weighted by Gasteiger charge is 2.19. The summed E-state index contributed by atoms with van der Waals surface area (Å²) in [5.74, 6) is -0.824. The molecule has 0 unspecified atom stereocenters. The van der Waals surface area contributed by atoms with Crippen LogP contribution in [0.3, 0.4) is 0 Å². The van der Waals surface area contributed by atoms with Gasteiger partial charge in [0, 0.05) is 12.7 Å². The summed E-state index contributed by atoms with van der Waals surface area (Å²) >= 11 is 0. The van der Waals surface area contributed by atoms with Crippen molar-refractivity contribution in [3.63, 3.8) is 0 Å². The Morgan fingerprint density at radius 1 is 1.30 bits per heavy atom. The lowest BCUT2D eigenvalue weighted by atomic mass is 10.2. The highest BCUT2D eigenvalue weighted by atomic mass is 32.2. The van der Waals surface area contributed by atoms with Crippen molar-refractivity contribution in [2.45, 2.75) is 18.4 Å². The minimum absolute atomic E-state index is 0.134. The van der Waals surface area contributed by atoms with Crippen LogP contribution < -0.4 is 10.5 Å². The summed E-state index contributed by atoms with van der Waals surface area (Å²) in [6.07, 6.45) is 2.95. The Labute approximate surface area is 116 Å². The summed E-state index contributed by atoms with van der Waals surface area (Å²) in [7, 11) is -4.01. The molecule has 5 nitrogen and oxygen atoms in total. The van der Waals surface area contributed by atoms with Gasteiger partial charge in [0.05, 0.1) is 11.9 Å². The molecule has 0 spiro atoms. The zero-order valence-electron chi connectivity index (χ0n) is 10.8. The number of hydrogen-bond donors (Lipinski definition) is 2. The van der Waals surface area contributed by atoms with Gasteiger partial charge < -0.3 is 5.73 Å². The molecule has 7 heteroatoms. The molecule has 0 saturated carbocycles. The molecule has 3 N–H and O–H groups in total. The molecule has 0 aliphatic heterocycles. The number of hydrogen-bond acceptors (Lipinski definition) is 4. The van der Waals surface area contributed by atoms with Crippen LogP contribution >= 0.6 is 0 Å². The lowest BCUT2D eigenvalue weighted by Crippen LogP contribution is -2.15. The van der Waals surface area contributed by atoms with Crippen LogP contribution in [0.4, 0.5) is 10.1 Å². The lowest BCUT2D eigenvalue weighted by molar-refractivity contribution is 0.569. The average molecular weight is 295 g/mol. The van der Waals surface area contributed by atoms with Crippen molar-refractivity contribution in [2.24, 2.45) is 5.73 Å². The predicted octanol–water partition coefficient (Wildman–Crippen LogP) is 1.79. The van der Waals surface area contributed by atoms with E-state index < -0.39 is 20.7 Å². The van der Waals surface area contributed by atoms with Gasteiger partial charge in [0.1, 0.15) is 10.7 Å². The molecular weight excluding hydrogens is 281 g/mol. The molecule has 0 bridgehead atoms. The first-order chi connectivity index (χ1) is 9.42. The first-order valence-electron chi connectivity index (χ1n) is 5.85. The summed E-state index contributed by atoms with van der Waals surface area (Å²) in [5, 5.41) is 0. The minimum atomic E-state index is -4.01. The second-order valence-electron chi connectivity index (χ2n) is 4.33. The van der Waals surface area contributed by atoms with Crippen LogP contribution in [0.15, 0.2) is 41.6 Å². The van der Waals surface area contributed by atoms with Crippen molar-refractivity contribution in [1.29, 1.82) is 0 Å². The van der Waals surface area contributed by atoms with E-state index in [0.717, 1.165) is 11.6 Å². The van der Waals surface area contributed by atoms with E-state index in [9.17, 15) is 12.8 Å². The first kappa shape index (κ1) is 14.4. The van der Waals surface area contributed by atoms with Gasteiger partial charge in [-0.2, -0.15) is 0 Å². The number of aromatic nitrogens is 1. The van der Waals surface area contributed by atoms with Crippen molar-refractivity contribution >= 4 is 15.7 Å². The average Bonchev–Trinajstić information content (AvgIpc) is 2.38. The normalized spacial score (nSPS) is 11.3. The molecule has 0 aliphatic rings. The Balaban J connectivity index is 2.40. The Kier molecular flexibility index (Phi) is 4.01. The number of nitrogens with two attached hydrogens (primary N) is 1. The van der Waals surface area contributed by atoms with Crippen LogP contribution in [0.5, 0.6) is 0 Å². The largest absolute Gasteiger partial charge is 0.326 e. The Bertz CT molecular complexity index is 732.